The summed E-state index contributed by atoms with van der Waals surface area (Å²) in [7, 11) is 1.97. The molecule has 2 aromatic heterocycles. The Hall–Kier alpha value is -4.21. The summed E-state index contributed by atoms with van der Waals surface area (Å²) in [4.78, 5) is 19.8. The third-order valence-corrected chi connectivity index (χ3v) is 7.06. The Morgan fingerprint density at radius 2 is 2.03 bits per heavy atom. The van der Waals surface area contributed by atoms with E-state index in [4.69, 9.17) is 14.5 Å². The van der Waals surface area contributed by atoms with E-state index in [1.165, 1.54) is 0 Å². The number of ether oxygens (including phenoxy) is 2. The highest BCUT2D eigenvalue weighted by Crippen LogP contribution is 2.33. The number of piperidine rings is 1. The van der Waals surface area contributed by atoms with Crippen LogP contribution in [0.2, 0.25) is 0 Å². The summed E-state index contributed by atoms with van der Waals surface area (Å²) in [5, 5.41) is 18.4. The minimum atomic E-state index is 0.124. The lowest BCUT2D eigenvalue weighted by molar-refractivity contribution is -0.132. The highest BCUT2D eigenvalue weighted by atomic mass is 16.7. The van der Waals surface area contributed by atoms with Crippen LogP contribution in [0.15, 0.2) is 54.7 Å². The number of amides is 1. The quantitative estimate of drug-likeness (QED) is 0.393. The normalized spacial score (nSPS) is 16.8. The molecule has 6 rings (SSSR count). The fraction of sp³-hybridized carbons (Fsp3) is 0.296. The zero-order valence-corrected chi connectivity index (χ0v) is 20.7. The van der Waals surface area contributed by atoms with Gasteiger partial charge in [-0.1, -0.05) is 18.2 Å². The largest absolute Gasteiger partial charge is 0.507 e. The van der Waals surface area contributed by atoms with Gasteiger partial charge < -0.3 is 24.8 Å². The van der Waals surface area contributed by atoms with Crippen molar-refractivity contribution in [2.75, 3.05) is 31.7 Å². The topological polar surface area (TPSA) is 101 Å². The van der Waals surface area contributed by atoms with E-state index in [0.717, 1.165) is 47.6 Å². The Morgan fingerprint density at radius 3 is 2.92 bits per heavy atom. The molecule has 9 nitrogen and oxygen atoms in total. The number of benzene rings is 2. The van der Waals surface area contributed by atoms with E-state index < -0.39 is 0 Å². The summed E-state index contributed by atoms with van der Waals surface area (Å²) >= 11 is 0. The first-order valence-electron chi connectivity index (χ1n) is 12.6. The number of hydrogen-bond donors (Lipinski definition) is 2. The summed E-state index contributed by atoms with van der Waals surface area (Å²) in [6.45, 7) is 2.40. The Balaban J connectivity index is 1.15. The second-order valence-electron chi connectivity index (χ2n) is 9.70. The molecule has 1 unspecified atom stereocenters. The van der Waals surface area contributed by atoms with Crippen LogP contribution in [0, 0.1) is 5.92 Å². The van der Waals surface area contributed by atoms with Crippen molar-refractivity contribution in [3.8, 4) is 28.5 Å². The van der Waals surface area contributed by atoms with E-state index in [-0.39, 0.29) is 18.4 Å². The third kappa shape index (κ3) is 4.66. The van der Waals surface area contributed by atoms with Gasteiger partial charge in [-0.3, -0.25) is 4.79 Å². The lowest BCUT2D eigenvalue weighted by Gasteiger charge is -2.33. The molecule has 4 aromatic rings. The maximum absolute atomic E-state index is 13.1. The number of nitrogens with one attached hydrogen (secondary N) is 1. The first-order valence-corrected chi connectivity index (χ1v) is 12.6. The van der Waals surface area contributed by atoms with E-state index in [1.54, 1.807) is 22.8 Å². The number of aromatic nitrogens is 3. The first-order chi connectivity index (χ1) is 18.0. The average molecular weight is 497 g/mol. The third-order valence-electron chi connectivity index (χ3n) is 7.06. The number of likely N-dealkylation sites (tertiary alicyclic amines) is 1. The van der Waals surface area contributed by atoms with E-state index in [0.29, 0.717) is 42.4 Å². The van der Waals surface area contributed by atoms with Gasteiger partial charge in [0.05, 0.1) is 12.1 Å². The number of aromatic hydroxyl groups is 1. The van der Waals surface area contributed by atoms with Crippen molar-refractivity contribution in [3.05, 3.63) is 60.3 Å². The fourth-order valence-electron chi connectivity index (χ4n) is 5.07. The lowest BCUT2D eigenvalue weighted by atomic mass is 9.97. The average Bonchev–Trinajstić information content (AvgIpc) is 3.54. The van der Waals surface area contributed by atoms with Gasteiger partial charge in [-0.25, -0.2) is 4.98 Å². The Kier molecular flexibility index (Phi) is 6.08. The molecule has 1 atom stereocenters. The highest BCUT2D eigenvalue weighted by Gasteiger charge is 2.25. The smallest absolute Gasteiger partial charge is 0.231 e. The summed E-state index contributed by atoms with van der Waals surface area (Å²) in [5.74, 6) is 2.85. The van der Waals surface area contributed by atoms with Crippen molar-refractivity contribution in [3.63, 3.8) is 0 Å². The summed E-state index contributed by atoms with van der Waals surface area (Å²) in [5.41, 5.74) is 3.98. The molecule has 10 heteroatoms. The van der Waals surface area contributed by atoms with Crippen molar-refractivity contribution >= 4 is 30.7 Å². The Bertz CT molecular complexity index is 1470. The lowest BCUT2D eigenvalue weighted by Crippen LogP contribution is -2.42. The minimum absolute atomic E-state index is 0.124. The van der Waals surface area contributed by atoms with Gasteiger partial charge in [0.25, 0.3) is 0 Å². The van der Waals surface area contributed by atoms with Crippen molar-refractivity contribution < 1.29 is 19.4 Å². The van der Waals surface area contributed by atoms with Gasteiger partial charge in [0.15, 0.2) is 17.1 Å². The molecule has 1 saturated heterocycles. The molecule has 0 saturated carbocycles. The zero-order chi connectivity index (χ0) is 25.4. The molecule has 2 aliphatic heterocycles. The Labute approximate surface area is 215 Å². The number of hydrogen-bond acceptors (Lipinski definition) is 7. The van der Waals surface area contributed by atoms with Crippen molar-refractivity contribution in [2.45, 2.75) is 19.3 Å². The molecule has 1 fully saturated rings. The second kappa shape index (κ2) is 9.69. The highest BCUT2D eigenvalue weighted by molar-refractivity contribution is 6.36. The first kappa shape index (κ1) is 23.2. The minimum Gasteiger partial charge on any atom is -0.507 e. The molecular formula is C27H28BN5O4. The van der Waals surface area contributed by atoms with Crippen LogP contribution in [0.3, 0.4) is 0 Å². The number of anilines is 1. The predicted molar refractivity (Wildman–Crippen MR) is 142 cm³/mol. The summed E-state index contributed by atoms with van der Waals surface area (Å²) < 4.78 is 12.6. The van der Waals surface area contributed by atoms with Gasteiger partial charge in [0, 0.05) is 37.5 Å². The molecule has 0 aliphatic carbocycles. The number of fused-ring (bicyclic) bond motifs is 2. The van der Waals surface area contributed by atoms with Crippen LogP contribution in [0.1, 0.15) is 18.4 Å². The van der Waals surface area contributed by atoms with Gasteiger partial charge in [-0.15, -0.1) is 0 Å². The molecule has 37 heavy (non-hydrogen) atoms. The van der Waals surface area contributed by atoms with Gasteiger partial charge >= 0.3 is 0 Å². The standard InChI is InChI=1S/C27H28BN5O4/c28-20-14-30-33-25(12-21(31-27(20)33)19-5-1-2-6-22(19)34)29-13-18-4-3-9-32(15-18)26(35)11-17-7-8-23-24(10-17)37-16-36-23/h1-2,5-8,10,12,14,18,29,34H,3-4,9,11,13,15-16,28H2. The van der Waals surface area contributed by atoms with Gasteiger partial charge in [0.1, 0.15) is 19.4 Å². The number of nitrogens with zero attached hydrogens (tertiary/aromatic N) is 4. The van der Waals surface area contributed by atoms with Crippen molar-refractivity contribution in [2.24, 2.45) is 5.92 Å². The number of rotatable bonds is 6. The molecule has 188 valence electrons. The number of phenols is 1. The van der Waals surface area contributed by atoms with Crippen LogP contribution in [-0.4, -0.2) is 64.8 Å². The molecule has 2 aliphatic rings. The zero-order valence-electron chi connectivity index (χ0n) is 20.7. The monoisotopic (exact) mass is 497 g/mol. The summed E-state index contributed by atoms with van der Waals surface area (Å²) in [6.07, 6.45) is 4.14. The molecule has 0 bridgehead atoms. The maximum atomic E-state index is 13.1. The molecule has 4 heterocycles. The van der Waals surface area contributed by atoms with Crippen LogP contribution in [-0.2, 0) is 11.2 Å². The number of carbonyl (C=O) groups is 1. The van der Waals surface area contributed by atoms with Gasteiger partial charge in [-0.05, 0) is 54.1 Å². The van der Waals surface area contributed by atoms with E-state index >= 15 is 0 Å². The van der Waals surface area contributed by atoms with Crippen LogP contribution >= 0.6 is 0 Å². The van der Waals surface area contributed by atoms with Gasteiger partial charge in [-0.2, -0.15) is 9.61 Å². The molecule has 0 radical (unpaired) electrons. The number of para-hydroxylation sites is 1. The van der Waals surface area contributed by atoms with Crippen LogP contribution in [0.5, 0.6) is 17.2 Å². The second-order valence-corrected chi connectivity index (χ2v) is 9.70. The van der Waals surface area contributed by atoms with Crippen LogP contribution in [0.25, 0.3) is 16.9 Å². The number of carbonyl (C=O) groups excluding carboxylic acids is 1. The fourth-order valence-corrected chi connectivity index (χ4v) is 5.07. The Morgan fingerprint density at radius 1 is 1.16 bits per heavy atom. The van der Waals surface area contributed by atoms with Crippen molar-refractivity contribution in [1.29, 1.82) is 0 Å². The van der Waals surface area contributed by atoms with Crippen molar-refractivity contribution in [1.82, 2.24) is 19.5 Å². The van der Waals surface area contributed by atoms with E-state index in [1.807, 2.05) is 49.1 Å². The molecule has 2 aromatic carbocycles. The molecule has 0 spiro atoms. The number of phenolic OH excluding ortho intramolecular Hbond substituents is 1. The molecule has 2 N–H and O–H groups in total. The predicted octanol–water partition coefficient (Wildman–Crippen LogP) is 1.98. The van der Waals surface area contributed by atoms with E-state index in [9.17, 15) is 9.90 Å². The van der Waals surface area contributed by atoms with E-state index in [2.05, 4.69) is 10.4 Å². The molecular weight excluding hydrogens is 469 g/mol. The summed E-state index contributed by atoms with van der Waals surface area (Å²) in [6, 6.07) is 14.8. The van der Waals surface area contributed by atoms with Crippen LogP contribution in [0.4, 0.5) is 5.82 Å². The maximum Gasteiger partial charge on any atom is 0.231 e. The van der Waals surface area contributed by atoms with Gasteiger partial charge in [0.2, 0.25) is 12.7 Å². The van der Waals surface area contributed by atoms with Crippen LogP contribution < -0.4 is 20.3 Å². The SMILES string of the molecule is Bc1cnn2c(NCC3CCCN(C(=O)Cc4ccc5c(c4)OCO5)C3)cc(-c3ccccc3O)nc12. The molecule has 1 amide bonds.